The molecule has 0 unspecified atom stereocenters. The Labute approximate surface area is 461 Å². The first-order valence-corrected chi connectivity index (χ1v) is 32.6. The van der Waals surface area contributed by atoms with E-state index in [2.05, 4.69) is 93.4 Å². The second kappa shape index (κ2) is 36.5. The van der Waals surface area contributed by atoms with Crippen molar-refractivity contribution in [2.45, 2.75) is 291 Å². The maximum absolute atomic E-state index is 14.0. The molecule has 1 aliphatic heterocycles. The van der Waals surface area contributed by atoms with Gasteiger partial charge in [0.25, 0.3) is 0 Å². The van der Waals surface area contributed by atoms with E-state index in [-0.39, 0.29) is 40.9 Å². The van der Waals surface area contributed by atoms with Crippen LogP contribution in [0.2, 0.25) is 0 Å². The van der Waals surface area contributed by atoms with Crippen LogP contribution in [-0.4, -0.2) is 61.1 Å². The minimum absolute atomic E-state index is 0.00135. The highest BCUT2D eigenvalue weighted by Crippen LogP contribution is 2.69. The van der Waals surface area contributed by atoms with Crippen molar-refractivity contribution in [3.05, 3.63) is 48.6 Å². The Morgan fingerprint density at radius 2 is 1.11 bits per heavy atom. The number of nitrogens with zero attached hydrogens (tertiary/aromatic N) is 1. The zero-order valence-corrected chi connectivity index (χ0v) is 49.4. The molecule has 4 saturated carbocycles. The van der Waals surface area contributed by atoms with Crippen LogP contribution in [0.4, 0.5) is 0 Å². The van der Waals surface area contributed by atoms with E-state index in [9.17, 15) is 14.4 Å². The van der Waals surface area contributed by atoms with Crippen molar-refractivity contribution in [2.75, 3.05) is 26.2 Å². The minimum atomic E-state index is -0.0735. The molecule has 0 aromatic carbocycles. The lowest BCUT2D eigenvalue weighted by molar-refractivity contribution is -0.198. The largest absolute Gasteiger partial charge is 0.462 e. The van der Waals surface area contributed by atoms with Crippen LogP contribution >= 0.6 is 0 Å². The number of nitrogens with one attached hydrogen (secondary N) is 1. The molecular weight excluding hydrogens is 925 g/mol. The summed E-state index contributed by atoms with van der Waals surface area (Å²) in [5.74, 6) is 3.06. The van der Waals surface area contributed by atoms with Crippen LogP contribution in [0.3, 0.4) is 0 Å². The molecule has 428 valence electrons. The first-order chi connectivity index (χ1) is 36.6. The van der Waals surface area contributed by atoms with Gasteiger partial charge >= 0.3 is 11.9 Å². The molecule has 1 heterocycles. The molecular formula is C68H116N2O5. The Hall–Kier alpha value is -2.67. The van der Waals surface area contributed by atoms with Crippen LogP contribution < -0.4 is 5.32 Å². The van der Waals surface area contributed by atoms with E-state index in [4.69, 9.17) is 9.47 Å². The van der Waals surface area contributed by atoms with Crippen molar-refractivity contribution in [2.24, 2.45) is 46.3 Å². The molecule has 7 nitrogen and oxygen atoms in total. The van der Waals surface area contributed by atoms with Crippen molar-refractivity contribution in [1.29, 1.82) is 0 Å². The average Bonchev–Trinajstić information content (AvgIpc) is 4.10. The highest BCUT2D eigenvalue weighted by atomic mass is 16.5. The lowest BCUT2D eigenvalue weighted by Crippen LogP contribution is -2.59. The molecule has 0 spiro atoms. The molecule has 10 atom stereocenters. The summed E-state index contributed by atoms with van der Waals surface area (Å²) in [5, 5.41) is 3.26. The molecule has 0 bridgehead atoms. The number of allylic oxidation sites excluding steroid dienone is 8. The third-order valence-corrected chi connectivity index (χ3v) is 19.9. The number of unbranched alkanes of at least 4 members (excludes halogenated alkanes) is 17. The predicted molar refractivity (Wildman–Crippen MR) is 315 cm³/mol. The zero-order valence-electron chi connectivity index (χ0n) is 49.4. The summed E-state index contributed by atoms with van der Waals surface area (Å²) in [6.07, 6.45) is 60.4. The van der Waals surface area contributed by atoms with Gasteiger partial charge in [-0.05, 0) is 221 Å². The quantitative estimate of drug-likeness (QED) is 0.0375. The second-order valence-electron chi connectivity index (χ2n) is 25.5. The molecule has 1 amide bonds. The molecule has 7 heteroatoms. The number of carbonyl (C=O) groups is 3. The normalized spacial score (nSPS) is 28.3. The molecule has 0 aromatic heterocycles. The van der Waals surface area contributed by atoms with E-state index >= 15 is 0 Å². The second-order valence-corrected chi connectivity index (χ2v) is 25.5. The van der Waals surface area contributed by atoms with Crippen molar-refractivity contribution in [3.8, 4) is 0 Å². The van der Waals surface area contributed by atoms with E-state index in [1.807, 2.05) is 0 Å². The van der Waals surface area contributed by atoms with E-state index in [0.717, 1.165) is 103 Å². The number of esters is 2. The summed E-state index contributed by atoms with van der Waals surface area (Å²) in [4.78, 5) is 42.9. The zero-order chi connectivity index (χ0) is 53.4. The standard InChI is InChI=1S/C68H116N2O5/c1-6-8-10-12-14-16-18-20-22-24-26-28-30-32-34-40-64(72)74-58-46-48-67(4)57(54-58)55-62(75-65(73)41-35-33-31-29-27-25-23-21-19-17-15-13-11-9-7-2)66-60-44-43-59(68(60,5)49-47-61(66)67)56(3)42-45-63(71)69-50-36-37-51-70-52-38-39-53-70/h14-17,20-23,56-62,66H,6-13,18-19,24-55H2,1-5H3,(H,69,71)/b16-14+,17-15+,22-20+,23-21+/t56-,57+,58-,59-,60+,61+,62+,66+,67+,68-/m1/s1. The van der Waals surface area contributed by atoms with Crippen LogP contribution in [0, 0.1) is 46.3 Å². The van der Waals surface area contributed by atoms with Crippen LogP contribution in [-0.2, 0) is 23.9 Å². The lowest BCUT2D eigenvalue weighted by atomic mass is 9.43. The van der Waals surface area contributed by atoms with Crippen molar-refractivity contribution in [1.82, 2.24) is 10.2 Å². The molecule has 5 fully saturated rings. The number of carbonyl (C=O) groups excluding carboxylic acids is 3. The average molecular weight is 1040 g/mol. The monoisotopic (exact) mass is 1040 g/mol. The minimum Gasteiger partial charge on any atom is -0.462 e. The molecule has 0 radical (unpaired) electrons. The van der Waals surface area contributed by atoms with Gasteiger partial charge < -0.3 is 19.7 Å². The number of ether oxygens (including phenoxy) is 2. The summed E-state index contributed by atoms with van der Waals surface area (Å²) in [6.45, 7) is 16.5. The molecule has 5 rings (SSSR count). The van der Waals surface area contributed by atoms with Gasteiger partial charge in [0, 0.05) is 31.7 Å². The fourth-order valence-corrected chi connectivity index (χ4v) is 15.3. The SMILES string of the molecule is CCCCC/C=C/C/C=C/CCCCCCCC(=O)O[C@@H]1CC[C@@]2(C)[C@@H](C1)C[C@H](OC(=O)CCCCCCC/C=C/C/C=C/CCCCC)[C@@H]1[C@@H]2CC[C@]2(C)[C@@H]([C@H](C)CCC(=O)NCCCCN3CCCC3)CC[C@@H]12. The molecule has 5 aliphatic rings. The number of likely N-dealkylation sites (tertiary alicyclic amines) is 1. The highest BCUT2D eigenvalue weighted by molar-refractivity contribution is 5.75. The maximum Gasteiger partial charge on any atom is 0.306 e. The van der Waals surface area contributed by atoms with Crippen LogP contribution in [0.15, 0.2) is 48.6 Å². The Kier molecular flexibility index (Phi) is 30.7. The Balaban J connectivity index is 1.09. The third kappa shape index (κ3) is 22.2. The Bertz CT molecular complexity index is 1700. The van der Waals surface area contributed by atoms with Gasteiger partial charge in [0.1, 0.15) is 12.2 Å². The molecule has 1 N–H and O–H groups in total. The number of hydrogen-bond donors (Lipinski definition) is 1. The van der Waals surface area contributed by atoms with Gasteiger partial charge in [-0.1, -0.05) is 147 Å². The fraction of sp³-hybridized carbons (Fsp3) is 0.838. The maximum atomic E-state index is 14.0. The molecule has 75 heavy (non-hydrogen) atoms. The van der Waals surface area contributed by atoms with Crippen molar-refractivity contribution >= 4 is 17.8 Å². The van der Waals surface area contributed by atoms with E-state index in [0.29, 0.717) is 54.8 Å². The smallest absolute Gasteiger partial charge is 0.306 e. The summed E-state index contributed by atoms with van der Waals surface area (Å²) < 4.78 is 13.1. The van der Waals surface area contributed by atoms with Crippen molar-refractivity contribution < 1.29 is 23.9 Å². The van der Waals surface area contributed by atoms with Gasteiger partial charge in [0.05, 0.1) is 0 Å². The number of rotatable bonds is 39. The topological polar surface area (TPSA) is 84.9 Å². The van der Waals surface area contributed by atoms with Crippen LogP contribution in [0.1, 0.15) is 279 Å². The fourth-order valence-electron chi connectivity index (χ4n) is 15.3. The van der Waals surface area contributed by atoms with Gasteiger partial charge in [-0.25, -0.2) is 0 Å². The summed E-state index contributed by atoms with van der Waals surface area (Å²) >= 11 is 0. The Morgan fingerprint density at radius 3 is 1.71 bits per heavy atom. The summed E-state index contributed by atoms with van der Waals surface area (Å²) in [7, 11) is 0. The van der Waals surface area contributed by atoms with Crippen LogP contribution in [0.5, 0.6) is 0 Å². The first-order valence-electron chi connectivity index (χ1n) is 32.6. The molecule has 4 aliphatic carbocycles. The predicted octanol–water partition coefficient (Wildman–Crippen LogP) is 18.1. The van der Waals surface area contributed by atoms with E-state index in [1.165, 1.54) is 148 Å². The van der Waals surface area contributed by atoms with Gasteiger partial charge in [0.2, 0.25) is 5.91 Å². The van der Waals surface area contributed by atoms with Gasteiger partial charge in [-0.15, -0.1) is 0 Å². The highest BCUT2D eigenvalue weighted by Gasteiger charge is 2.64. The van der Waals surface area contributed by atoms with Crippen LogP contribution in [0.25, 0.3) is 0 Å². The number of amides is 1. The Morgan fingerprint density at radius 1 is 0.573 bits per heavy atom. The van der Waals surface area contributed by atoms with Gasteiger partial charge in [-0.3, -0.25) is 14.4 Å². The van der Waals surface area contributed by atoms with E-state index < -0.39 is 0 Å². The lowest BCUT2D eigenvalue weighted by Gasteiger charge is -2.62. The first kappa shape index (κ1) is 63.2. The van der Waals surface area contributed by atoms with Gasteiger partial charge in [-0.2, -0.15) is 0 Å². The molecule has 0 aromatic rings. The van der Waals surface area contributed by atoms with Crippen molar-refractivity contribution in [3.63, 3.8) is 0 Å². The third-order valence-electron chi connectivity index (χ3n) is 19.9. The number of fused-ring (bicyclic) bond motifs is 5. The molecule has 1 saturated heterocycles. The summed E-state index contributed by atoms with van der Waals surface area (Å²) in [5.41, 5.74) is 0.351. The number of hydrogen-bond acceptors (Lipinski definition) is 6. The van der Waals surface area contributed by atoms with E-state index in [1.54, 1.807) is 0 Å². The van der Waals surface area contributed by atoms with Gasteiger partial charge in [0.15, 0.2) is 0 Å². The summed E-state index contributed by atoms with van der Waals surface area (Å²) in [6, 6.07) is 0.